The molecule has 0 fully saturated rings. The normalized spacial score (nSPS) is 10.0. The van der Waals surface area contributed by atoms with Crippen LogP contribution >= 0.6 is 46.4 Å². The largest absolute Gasteiger partial charge is 0.332 e. The number of nitro groups is 1. The number of nitrogens with one attached hydrogen (secondary N) is 2. The Bertz CT molecular complexity index is 801. The Kier molecular flexibility index (Phi) is 5.85. The number of anilines is 1. The van der Waals surface area contributed by atoms with Crippen molar-refractivity contribution in [2.24, 2.45) is 0 Å². The number of carbonyl (C=O) groups is 1. The van der Waals surface area contributed by atoms with E-state index in [1.165, 1.54) is 18.2 Å². The van der Waals surface area contributed by atoms with Crippen LogP contribution in [0.5, 0.6) is 0 Å². The molecule has 2 N–H and O–H groups in total. The molecule has 0 aliphatic carbocycles. The van der Waals surface area contributed by atoms with Crippen molar-refractivity contribution < 1.29 is 9.72 Å². The number of amides is 1. The minimum absolute atomic E-state index is 0.0225. The first-order chi connectivity index (χ1) is 10.9. The van der Waals surface area contributed by atoms with E-state index in [0.717, 1.165) is 3.57 Å². The van der Waals surface area contributed by atoms with Gasteiger partial charge in [0.05, 0.1) is 10.5 Å². The first-order valence-electron chi connectivity index (χ1n) is 6.19. The summed E-state index contributed by atoms with van der Waals surface area (Å²) in [5.74, 6) is -0.365. The van der Waals surface area contributed by atoms with E-state index in [1.54, 1.807) is 18.2 Å². The maximum absolute atomic E-state index is 12.1. The molecule has 0 atom stereocenters. The summed E-state index contributed by atoms with van der Waals surface area (Å²) in [6, 6.07) is 11.2. The Morgan fingerprint density at radius 3 is 2.61 bits per heavy atom. The van der Waals surface area contributed by atoms with Gasteiger partial charge < -0.3 is 5.32 Å². The van der Waals surface area contributed by atoms with E-state index in [1.807, 2.05) is 28.7 Å². The predicted octanol–water partition coefficient (Wildman–Crippen LogP) is 3.98. The van der Waals surface area contributed by atoms with Gasteiger partial charge in [0.1, 0.15) is 5.02 Å². The second-order valence-electron chi connectivity index (χ2n) is 4.31. The third-order valence-electron chi connectivity index (χ3n) is 2.75. The fourth-order valence-corrected chi connectivity index (χ4v) is 2.74. The predicted molar refractivity (Wildman–Crippen MR) is 101 cm³/mol. The summed E-state index contributed by atoms with van der Waals surface area (Å²) in [5.41, 5.74) is 0.594. The minimum atomic E-state index is -0.596. The molecular weight excluding hydrogens is 453 g/mol. The lowest BCUT2D eigenvalue weighted by molar-refractivity contribution is -0.384. The number of nitrogens with zero attached hydrogens (tertiary/aromatic N) is 1. The Balaban J connectivity index is 2.08. The molecule has 0 spiro atoms. The fourth-order valence-electron chi connectivity index (χ4n) is 1.71. The van der Waals surface area contributed by atoms with Crippen LogP contribution in [-0.4, -0.2) is 15.9 Å². The van der Waals surface area contributed by atoms with Crippen LogP contribution in [0.2, 0.25) is 5.02 Å². The van der Waals surface area contributed by atoms with Gasteiger partial charge in [-0.15, -0.1) is 0 Å². The maximum Gasteiger partial charge on any atom is 0.289 e. The molecule has 2 rings (SSSR count). The van der Waals surface area contributed by atoms with Gasteiger partial charge >= 0.3 is 0 Å². The molecule has 2 aromatic carbocycles. The third kappa shape index (κ3) is 4.60. The van der Waals surface area contributed by atoms with Gasteiger partial charge in [0, 0.05) is 15.3 Å². The second-order valence-corrected chi connectivity index (χ2v) is 6.29. The number of nitro benzene ring substituents is 1. The average molecular weight is 462 g/mol. The van der Waals surface area contributed by atoms with Gasteiger partial charge in [-0.3, -0.25) is 20.2 Å². The summed E-state index contributed by atoms with van der Waals surface area (Å²) >= 11 is 12.8. The van der Waals surface area contributed by atoms with Gasteiger partial charge in [-0.2, -0.15) is 0 Å². The molecule has 0 saturated heterocycles. The van der Waals surface area contributed by atoms with Crippen LogP contribution in [0.3, 0.4) is 0 Å². The lowest BCUT2D eigenvalue weighted by Gasteiger charge is -2.10. The summed E-state index contributed by atoms with van der Waals surface area (Å²) in [4.78, 5) is 22.4. The van der Waals surface area contributed by atoms with E-state index < -0.39 is 4.92 Å². The van der Waals surface area contributed by atoms with Crippen molar-refractivity contribution in [3.05, 3.63) is 66.7 Å². The minimum Gasteiger partial charge on any atom is -0.332 e. The zero-order valence-corrected chi connectivity index (χ0v) is 15.1. The summed E-state index contributed by atoms with van der Waals surface area (Å²) in [7, 11) is 0. The van der Waals surface area contributed by atoms with Gasteiger partial charge in [0.15, 0.2) is 5.11 Å². The van der Waals surface area contributed by atoms with Gasteiger partial charge in [-0.05, 0) is 59.1 Å². The van der Waals surface area contributed by atoms with E-state index in [-0.39, 0.29) is 21.7 Å². The highest BCUT2D eigenvalue weighted by molar-refractivity contribution is 14.1. The molecule has 9 heteroatoms. The van der Waals surface area contributed by atoms with Crippen molar-refractivity contribution in [1.29, 1.82) is 0 Å². The highest BCUT2D eigenvalue weighted by Crippen LogP contribution is 2.27. The van der Waals surface area contributed by atoms with E-state index in [9.17, 15) is 14.9 Å². The van der Waals surface area contributed by atoms with Gasteiger partial charge in [0.2, 0.25) is 0 Å². The van der Waals surface area contributed by atoms with Gasteiger partial charge in [-0.25, -0.2) is 0 Å². The lowest BCUT2D eigenvalue weighted by atomic mass is 10.2. The molecule has 0 aromatic heterocycles. The Morgan fingerprint density at radius 1 is 1.26 bits per heavy atom. The molecule has 0 bridgehead atoms. The smallest absolute Gasteiger partial charge is 0.289 e. The molecule has 6 nitrogen and oxygen atoms in total. The second kappa shape index (κ2) is 7.66. The van der Waals surface area contributed by atoms with Crippen LogP contribution in [0.15, 0.2) is 42.5 Å². The molecule has 1 amide bonds. The first kappa shape index (κ1) is 17.6. The fraction of sp³-hybridized carbons (Fsp3) is 0. The van der Waals surface area contributed by atoms with Crippen molar-refractivity contribution in [3.63, 3.8) is 0 Å². The monoisotopic (exact) mass is 461 g/mol. The average Bonchev–Trinajstić information content (AvgIpc) is 2.49. The summed E-state index contributed by atoms with van der Waals surface area (Å²) in [5, 5.41) is 16.1. The van der Waals surface area contributed by atoms with Gasteiger partial charge in [0.25, 0.3) is 11.6 Å². The Hall–Kier alpha value is -1.78. The number of rotatable bonds is 3. The zero-order chi connectivity index (χ0) is 17.0. The standard InChI is InChI=1S/C14H9ClIN3O3S/c15-10-6-5-8(7-12(10)19(21)22)17-14(23)18-13(20)9-3-1-2-4-11(9)16/h1-7H,(H2,17,18,20,23). The molecular formula is C14H9ClIN3O3S. The van der Waals surface area contributed by atoms with Crippen LogP contribution in [0, 0.1) is 13.7 Å². The summed E-state index contributed by atoms with van der Waals surface area (Å²) < 4.78 is 0.785. The molecule has 0 aliphatic rings. The molecule has 118 valence electrons. The third-order valence-corrected chi connectivity index (χ3v) is 4.21. The molecule has 0 unspecified atom stereocenters. The van der Waals surface area contributed by atoms with Crippen molar-refractivity contribution >= 4 is 68.8 Å². The number of carbonyl (C=O) groups excluding carboxylic acids is 1. The molecule has 2 aromatic rings. The molecule has 0 aliphatic heterocycles. The highest BCUT2D eigenvalue weighted by atomic mass is 127. The van der Waals surface area contributed by atoms with Crippen molar-refractivity contribution in [3.8, 4) is 0 Å². The molecule has 0 heterocycles. The SMILES string of the molecule is O=C(NC(=S)Nc1ccc(Cl)c([N+](=O)[O-])c1)c1ccccc1I. The number of thiocarbonyl (C=S) groups is 1. The Labute approximate surface area is 155 Å². The van der Waals surface area contributed by atoms with Crippen molar-refractivity contribution in [2.75, 3.05) is 5.32 Å². The summed E-state index contributed by atoms with van der Waals surface area (Å²) in [6.45, 7) is 0. The van der Waals surface area contributed by atoms with Crippen LogP contribution < -0.4 is 10.6 Å². The van der Waals surface area contributed by atoms with Gasteiger partial charge in [-0.1, -0.05) is 23.7 Å². The van der Waals surface area contributed by atoms with Crippen LogP contribution in [0.1, 0.15) is 10.4 Å². The van der Waals surface area contributed by atoms with Crippen LogP contribution in [0.25, 0.3) is 0 Å². The number of halogens is 2. The van der Waals surface area contributed by atoms with Crippen molar-refractivity contribution in [1.82, 2.24) is 5.32 Å². The molecule has 0 saturated carbocycles. The highest BCUT2D eigenvalue weighted by Gasteiger charge is 2.14. The maximum atomic E-state index is 12.1. The number of benzene rings is 2. The molecule has 0 radical (unpaired) electrons. The quantitative estimate of drug-likeness (QED) is 0.313. The van der Waals surface area contributed by atoms with Crippen LogP contribution in [0.4, 0.5) is 11.4 Å². The summed E-state index contributed by atoms with van der Waals surface area (Å²) in [6.07, 6.45) is 0. The lowest BCUT2D eigenvalue weighted by Crippen LogP contribution is -2.34. The number of hydrogen-bond donors (Lipinski definition) is 2. The number of hydrogen-bond acceptors (Lipinski definition) is 4. The Morgan fingerprint density at radius 2 is 1.96 bits per heavy atom. The van der Waals surface area contributed by atoms with Crippen LogP contribution in [-0.2, 0) is 0 Å². The van der Waals surface area contributed by atoms with E-state index >= 15 is 0 Å². The van der Waals surface area contributed by atoms with E-state index in [4.69, 9.17) is 23.8 Å². The van der Waals surface area contributed by atoms with Crippen molar-refractivity contribution in [2.45, 2.75) is 0 Å². The molecule has 23 heavy (non-hydrogen) atoms. The van der Waals surface area contributed by atoms with E-state index in [0.29, 0.717) is 11.3 Å². The topological polar surface area (TPSA) is 84.3 Å². The van der Waals surface area contributed by atoms with E-state index in [2.05, 4.69) is 10.6 Å². The first-order valence-corrected chi connectivity index (χ1v) is 8.06. The zero-order valence-electron chi connectivity index (χ0n) is 11.4.